The molecule has 1 aliphatic rings. The summed E-state index contributed by atoms with van der Waals surface area (Å²) in [6.45, 7) is 2.63. The van der Waals surface area contributed by atoms with Crippen LogP contribution in [0.5, 0.6) is 0 Å². The second-order valence-corrected chi connectivity index (χ2v) is 8.19. The zero-order chi connectivity index (χ0) is 18.6. The Morgan fingerprint density at radius 2 is 1.81 bits per heavy atom. The van der Waals surface area contributed by atoms with Crippen molar-refractivity contribution in [2.45, 2.75) is 18.2 Å². The second-order valence-electron chi connectivity index (χ2n) is 5.67. The van der Waals surface area contributed by atoms with Crippen LogP contribution >= 0.6 is 11.8 Å². The van der Waals surface area contributed by atoms with Crippen molar-refractivity contribution in [2.24, 2.45) is 4.40 Å². The normalized spacial score (nSPS) is 15.1. The van der Waals surface area contributed by atoms with Gasteiger partial charge in [0.1, 0.15) is 4.90 Å². The summed E-state index contributed by atoms with van der Waals surface area (Å²) in [5.41, 5.74) is 1.31. The number of carbonyl (C=O) groups excluding carboxylic acids is 1. The maximum Gasteiger partial charge on any atom is 0.286 e. The van der Waals surface area contributed by atoms with Gasteiger partial charge in [-0.3, -0.25) is 4.79 Å². The van der Waals surface area contributed by atoms with E-state index in [2.05, 4.69) is 9.71 Å². The van der Waals surface area contributed by atoms with Gasteiger partial charge in [0.2, 0.25) is 5.91 Å². The largest absolute Gasteiger partial charge is 0.325 e. The third-order valence-corrected chi connectivity index (χ3v) is 6.11. The minimum atomic E-state index is -3.76. The fourth-order valence-corrected chi connectivity index (χ4v) is 4.87. The average molecular weight is 390 g/mol. The number of carbonyl (C=O) groups is 1. The van der Waals surface area contributed by atoms with Crippen LogP contribution < -0.4 is 10.2 Å². The van der Waals surface area contributed by atoms with Crippen LogP contribution in [0.4, 0.5) is 11.4 Å². The monoisotopic (exact) mass is 389 g/mol. The van der Waals surface area contributed by atoms with Crippen molar-refractivity contribution in [3.05, 3.63) is 54.6 Å². The Hall–Kier alpha value is -2.32. The van der Waals surface area contributed by atoms with Gasteiger partial charge in [-0.1, -0.05) is 49.0 Å². The number of amides is 1. The molecule has 3 rings (SSSR count). The highest BCUT2D eigenvalue weighted by Crippen LogP contribution is 2.34. The number of nitrogens with one attached hydrogen (secondary N) is 1. The quantitative estimate of drug-likeness (QED) is 0.849. The molecule has 0 aromatic heterocycles. The highest BCUT2D eigenvalue weighted by atomic mass is 32.2. The number of amidine groups is 1. The molecule has 136 valence electrons. The van der Waals surface area contributed by atoms with Gasteiger partial charge in [-0.15, -0.1) is 4.40 Å². The van der Waals surface area contributed by atoms with E-state index in [1.165, 1.54) is 0 Å². The van der Waals surface area contributed by atoms with Crippen LogP contribution in [-0.4, -0.2) is 31.8 Å². The molecule has 2 aromatic carbocycles. The number of sulfonamides is 1. The number of para-hydroxylation sites is 2. The lowest BCUT2D eigenvalue weighted by molar-refractivity contribution is -0.113. The van der Waals surface area contributed by atoms with E-state index in [4.69, 9.17) is 0 Å². The zero-order valence-electron chi connectivity index (χ0n) is 14.3. The summed E-state index contributed by atoms with van der Waals surface area (Å²) in [4.78, 5) is 14.2. The molecule has 0 atom stereocenters. The molecule has 0 saturated heterocycles. The van der Waals surface area contributed by atoms with Gasteiger partial charge in [0, 0.05) is 12.2 Å². The third-order valence-electron chi connectivity index (χ3n) is 3.70. The number of thioether (sulfide) groups is 1. The van der Waals surface area contributed by atoms with Crippen LogP contribution in [0.15, 0.2) is 63.9 Å². The van der Waals surface area contributed by atoms with E-state index in [1.54, 1.807) is 36.4 Å². The van der Waals surface area contributed by atoms with Gasteiger partial charge in [0.25, 0.3) is 10.0 Å². The fourth-order valence-electron chi connectivity index (χ4n) is 2.60. The van der Waals surface area contributed by atoms with Crippen molar-refractivity contribution in [3.63, 3.8) is 0 Å². The maximum absolute atomic E-state index is 12.4. The number of anilines is 2. The van der Waals surface area contributed by atoms with E-state index in [-0.39, 0.29) is 16.6 Å². The van der Waals surface area contributed by atoms with Gasteiger partial charge in [-0.05, 0) is 30.7 Å². The Balaban J connectivity index is 1.78. The first-order valence-electron chi connectivity index (χ1n) is 8.20. The summed E-state index contributed by atoms with van der Waals surface area (Å²) >= 11 is 1.12. The maximum atomic E-state index is 12.4. The summed E-state index contributed by atoms with van der Waals surface area (Å²) in [6.07, 6.45) is 0.824. The van der Waals surface area contributed by atoms with Gasteiger partial charge in [-0.25, -0.2) is 0 Å². The molecule has 0 unspecified atom stereocenters. The SMILES string of the molecule is CCCN1C(SCC(=O)Nc2ccccc2)=NS(=O)(=O)c2ccccc21. The minimum Gasteiger partial charge on any atom is -0.325 e. The van der Waals surface area contributed by atoms with Crippen molar-refractivity contribution >= 4 is 44.2 Å². The van der Waals surface area contributed by atoms with Gasteiger partial charge in [0.05, 0.1) is 11.4 Å². The van der Waals surface area contributed by atoms with E-state index in [1.807, 2.05) is 30.0 Å². The van der Waals surface area contributed by atoms with Gasteiger partial charge >= 0.3 is 0 Å². The Morgan fingerprint density at radius 3 is 2.54 bits per heavy atom. The lowest BCUT2D eigenvalue weighted by Crippen LogP contribution is -2.35. The molecule has 8 heteroatoms. The third kappa shape index (κ3) is 4.08. The van der Waals surface area contributed by atoms with Gasteiger partial charge in [-0.2, -0.15) is 8.42 Å². The molecule has 0 radical (unpaired) electrons. The van der Waals surface area contributed by atoms with Crippen LogP contribution in [0.2, 0.25) is 0 Å². The van der Waals surface area contributed by atoms with Crippen molar-refractivity contribution in [3.8, 4) is 0 Å². The zero-order valence-corrected chi connectivity index (χ0v) is 15.9. The molecule has 0 saturated carbocycles. The molecule has 1 amide bonds. The molecule has 1 aliphatic heterocycles. The summed E-state index contributed by atoms with van der Waals surface area (Å²) < 4.78 is 28.8. The predicted octanol–water partition coefficient (Wildman–Crippen LogP) is 3.33. The highest BCUT2D eigenvalue weighted by Gasteiger charge is 2.30. The van der Waals surface area contributed by atoms with Crippen molar-refractivity contribution in [1.29, 1.82) is 0 Å². The van der Waals surface area contributed by atoms with E-state index < -0.39 is 10.0 Å². The van der Waals surface area contributed by atoms with Crippen LogP contribution in [0, 0.1) is 0 Å². The van der Waals surface area contributed by atoms with E-state index in [9.17, 15) is 13.2 Å². The molecule has 0 bridgehead atoms. The van der Waals surface area contributed by atoms with Crippen molar-refractivity contribution in [1.82, 2.24) is 0 Å². The molecule has 1 heterocycles. The van der Waals surface area contributed by atoms with Crippen LogP contribution in [0.1, 0.15) is 13.3 Å². The number of benzene rings is 2. The summed E-state index contributed by atoms with van der Waals surface area (Å²) in [6, 6.07) is 15.9. The molecule has 0 spiro atoms. The Kier molecular flexibility index (Phi) is 5.63. The van der Waals surface area contributed by atoms with E-state index >= 15 is 0 Å². The Bertz CT molecular complexity index is 928. The number of fused-ring (bicyclic) bond motifs is 1. The minimum absolute atomic E-state index is 0.0750. The lowest BCUT2D eigenvalue weighted by atomic mass is 10.3. The van der Waals surface area contributed by atoms with Crippen molar-refractivity contribution < 1.29 is 13.2 Å². The second kappa shape index (κ2) is 7.92. The predicted molar refractivity (Wildman–Crippen MR) is 106 cm³/mol. The standard InChI is InChI=1S/C18H19N3O3S2/c1-2-12-21-15-10-6-7-11-16(15)26(23,24)20-18(21)25-13-17(22)19-14-8-4-3-5-9-14/h3-11H,2,12-13H2,1H3,(H,19,22). The van der Waals surface area contributed by atoms with Crippen LogP contribution in [0.25, 0.3) is 0 Å². The molecule has 6 nitrogen and oxygen atoms in total. The smallest absolute Gasteiger partial charge is 0.286 e. The summed E-state index contributed by atoms with van der Waals surface area (Å²) in [5, 5.41) is 3.11. The lowest BCUT2D eigenvalue weighted by Gasteiger charge is -2.29. The highest BCUT2D eigenvalue weighted by molar-refractivity contribution is 8.15. The van der Waals surface area contributed by atoms with E-state index in [0.29, 0.717) is 23.1 Å². The first-order valence-corrected chi connectivity index (χ1v) is 10.6. The van der Waals surface area contributed by atoms with Gasteiger partial charge < -0.3 is 10.2 Å². The number of hydrogen-bond donors (Lipinski definition) is 1. The summed E-state index contributed by atoms with van der Waals surface area (Å²) in [7, 11) is -3.76. The first kappa shape index (κ1) is 18.5. The Labute approximate surface area is 157 Å². The molecule has 2 aromatic rings. The number of rotatable bonds is 5. The Morgan fingerprint density at radius 1 is 1.12 bits per heavy atom. The topological polar surface area (TPSA) is 78.8 Å². The molecule has 0 fully saturated rings. The van der Waals surface area contributed by atoms with Crippen LogP contribution in [-0.2, 0) is 14.8 Å². The van der Waals surface area contributed by atoms with Gasteiger partial charge in [0.15, 0.2) is 5.17 Å². The first-order chi connectivity index (χ1) is 12.5. The molecule has 26 heavy (non-hydrogen) atoms. The van der Waals surface area contributed by atoms with Crippen LogP contribution in [0.3, 0.4) is 0 Å². The fraction of sp³-hybridized carbons (Fsp3) is 0.222. The number of nitrogens with zero attached hydrogens (tertiary/aromatic N) is 2. The summed E-state index contributed by atoms with van der Waals surface area (Å²) in [5.74, 6) is -0.136. The number of hydrogen-bond acceptors (Lipinski definition) is 5. The molecular weight excluding hydrogens is 370 g/mol. The molecule has 0 aliphatic carbocycles. The average Bonchev–Trinajstić information content (AvgIpc) is 2.63. The van der Waals surface area contributed by atoms with Crippen molar-refractivity contribution in [2.75, 3.05) is 22.5 Å². The molecule has 1 N–H and O–H groups in total. The molecular formula is C18H19N3O3S2. The van der Waals surface area contributed by atoms with E-state index in [0.717, 1.165) is 18.2 Å².